The quantitative estimate of drug-likeness (QED) is 0.241. The zero-order chi connectivity index (χ0) is 20.5. The Hall–Kier alpha value is -2.10. The number of benzene rings is 2. The first kappa shape index (κ1) is 22.2. The minimum atomic E-state index is -0.400. The third-order valence-corrected chi connectivity index (χ3v) is 5.10. The van der Waals surface area contributed by atoms with Crippen molar-refractivity contribution in [1.82, 2.24) is 4.90 Å². The molecule has 2 aromatic carbocycles. The molecule has 0 aliphatic carbocycles. The largest absolute Gasteiger partial charge is 0.284 e. The van der Waals surface area contributed by atoms with Crippen LogP contribution in [0.3, 0.4) is 0 Å². The standard InChI is InChI=1S/C19H23N3O4S2/c23-21(24)17-9-5-15(6-10-17)3-1-13-20(19(27)28)14-2-4-16-7-11-18(12-8-16)22(25)26/h5-12,19,27-28H,1-4,13-14H2. The first-order valence-electron chi connectivity index (χ1n) is 8.93. The molecular formula is C19H23N3O4S2. The molecule has 2 aromatic rings. The summed E-state index contributed by atoms with van der Waals surface area (Å²) in [6.45, 7) is 1.63. The van der Waals surface area contributed by atoms with Gasteiger partial charge in [-0.3, -0.25) is 25.1 Å². The van der Waals surface area contributed by atoms with Crippen LogP contribution in [0.4, 0.5) is 11.4 Å². The van der Waals surface area contributed by atoms with Gasteiger partial charge in [0.25, 0.3) is 11.4 Å². The van der Waals surface area contributed by atoms with Crippen LogP contribution in [0.25, 0.3) is 0 Å². The lowest BCUT2D eigenvalue weighted by Gasteiger charge is -2.25. The number of thiol groups is 2. The van der Waals surface area contributed by atoms with Gasteiger partial charge in [-0.15, -0.1) is 25.3 Å². The predicted molar refractivity (Wildman–Crippen MR) is 116 cm³/mol. The molecule has 28 heavy (non-hydrogen) atoms. The summed E-state index contributed by atoms with van der Waals surface area (Å²) < 4.78 is -0.172. The Labute approximate surface area is 174 Å². The molecular weight excluding hydrogens is 398 g/mol. The Bertz CT molecular complexity index is 719. The zero-order valence-electron chi connectivity index (χ0n) is 15.3. The van der Waals surface area contributed by atoms with Crippen LogP contribution in [0.2, 0.25) is 0 Å². The van der Waals surface area contributed by atoms with Crippen molar-refractivity contribution in [1.29, 1.82) is 0 Å². The molecule has 0 amide bonds. The van der Waals surface area contributed by atoms with Crippen LogP contribution in [0.1, 0.15) is 24.0 Å². The normalized spacial score (nSPS) is 11.1. The molecule has 0 aliphatic rings. The molecule has 0 fully saturated rings. The Morgan fingerprint density at radius 1 is 0.750 bits per heavy atom. The Kier molecular flexibility index (Phi) is 8.75. The SMILES string of the molecule is O=[N+]([O-])c1ccc(CCCN(CCCc2ccc([N+](=O)[O-])cc2)C(S)S)cc1. The van der Waals surface area contributed by atoms with E-state index in [0.29, 0.717) is 0 Å². The minimum Gasteiger partial charge on any atom is -0.284 e. The number of non-ortho nitro benzene ring substituents is 2. The highest BCUT2D eigenvalue weighted by molar-refractivity contribution is 7.99. The summed E-state index contributed by atoms with van der Waals surface area (Å²) in [5.74, 6) is 0. The Morgan fingerprint density at radius 2 is 1.11 bits per heavy atom. The molecule has 0 saturated heterocycles. The van der Waals surface area contributed by atoms with E-state index in [1.807, 2.05) is 0 Å². The fourth-order valence-electron chi connectivity index (χ4n) is 2.88. The molecule has 0 heterocycles. The third kappa shape index (κ3) is 7.14. The number of aryl methyl sites for hydroxylation is 2. The van der Waals surface area contributed by atoms with Crippen LogP contribution in [0.15, 0.2) is 48.5 Å². The fourth-order valence-corrected chi connectivity index (χ4v) is 3.35. The summed E-state index contributed by atoms with van der Waals surface area (Å²) in [5, 5.41) is 21.4. The topological polar surface area (TPSA) is 89.5 Å². The summed E-state index contributed by atoms with van der Waals surface area (Å²) in [6.07, 6.45) is 3.44. The van der Waals surface area contributed by atoms with Gasteiger partial charge in [0.2, 0.25) is 0 Å². The molecule has 7 nitrogen and oxygen atoms in total. The second-order valence-corrected chi connectivity index (χ2v) is 7.82. The average molecular weight is 422 g/mol. The summed E-state index contributed by atoms with van der Waals surface area (Å²) in [4.78, 5) is 22.7. The Morgan fingerprint density at radius 3 is 1.39 bits per heavy atom. The molecule has 0 saturated carbocycles. The smallest absolute Gasteiger partial charge is 0.269 e. The number of hydrogen-bond acceptors (Lipinski definition) is 7. The van der Waals surface area contributed by atoms with E-state index in [-0.39, 0.29) is 16.1 Å². The molecule has 9 heteroatoms. The maximum atomic E-state index is 10.7. The summed E-state index contributed by atoms with van der Waals surface area (Å²) >= 11 is 8.85. The van der Waals surface area contributed by atoms with Gasteiger partial charge in [0.15, 0.2) is 0 Å². The molecule has 0 aliphatic heterocycles. The first-order valence-corrected chi connectivity index (χ1v) is 9.97. The van der Waals surface area contributed by atoms with Crippen molar-refractivity contribution >= 4 is 36.6 Å². The molecule has 0 aromatic heterocycles. The lowest BCUT2D eigenvalue weighted by atomic mass is 10.1. The van der Waals surface area contributed by atoms with Crippen molar-refractivity contribution in [3.63, 3.8) is 0 Å². The Balaban J connectivity index is 1.76. The number of rotatable bonds is 11. The van der Waals surface area contributed by atoms with E-state index in [9.17, 15) is 20.2 Å². The summed E-state index contributed by atoms with van der Waals surface area (Å²) in [6, 6.07) is 13.3. The highest BCUT2D eigenvalue weighted by Crippen LogP contribution is 2.17. The number of nitro groups is 2. The fraction of sp³-hybridized carbons (Fsp3) is 0.368. The average Bonchev–Trinajstić information content (AvgIpc) is 2.67. The van der Waals surface area contributed by atoms with Crippen LogP contribution in [0, 0.1) is 20.2 Å². The van der Waals surface area contributed by atoms with Crippen LogP contribution < -0.4 is 0 Å². The van der Waals surface area contributed by atoms with Gasteiger partial charge in [-0.25, -0.2) is 0 Å². The second kappa shape index (κ2) is 11.0. The van der Waals surface area contributed by atoms with Gasteiger partial charge in [0.05, 0.1) is 14.6 Å². The monoisotopic (exact) mass is 421 g/mol. The van der Waals surface area contributed by atoms with E-state index in [4.69, 9.17) is 0 Å². The van der Waals surface area contributed by atoms with E-state index >= 15 is 0 Å². The van der Waals surface area contributed by atoms with Gasteiger partial charge in [-0.1, -0.05) is 24.3 Å². The van der Waals surface area contributed by atoms with Crippen LogP contribution >= 0.6 is 25.3 Å². The van der Waals surface area contributed by atoms with Crippen LogP contribution in [0.5, 0.6) is 0 Å². The molecule has 0 bridgehead atoms. The molecule has 0 spiro atoms. The van der Waals surface area contributed by atoms with Gasteiger partial charge < -0.3 is 0 Å². The van der Waals surface area contributed by atoms with E-state index < -0.39 is 9.85 Å². The van der Waals surface area contributed by atoms with Crippen molar-refractivity contribution in [2.75, 3.05) is 13.1 Å². The number of nitrogens with zero attached hydrogens (tertiary/aromatic N) is 3. The maximum absolute atomic E-state index is 10.7. The van der Waals surface area contributed by atoms with Crippen molar-refractivity contribution in [2.45, 2.75) is 30.4 Å². The molecule has 150 valence electrons. The molecule has 0 unspecified atom stereocenters. The maximum Gasteiger partial charge on any atom is 0.269 e. The summed E-state index contributed by atoms with van der Waals surface area (Å²) in [7, 11) is 0. The third-order valence-electron chi connectivity index (χ3n) is 4.44. The highest BCUT2D eigenvalue weighted by atomic mass is 32.2. The van der Waals surface area contributed by atoms with Crippen molar-refractivity contribution < 1.29 is 9.85 Å². The second-order valence-electron chi connectivity index (χ2n) is 6.44. The lowest BCUT2D eigenvalue weighted by Crippen LogP contribution is -2.30. The van der Waals surface area contributed by atoms with Gasteiger partial charge in [0.1, 0.15) is 0 Å². The van der Waals surface area contributed by atoms with Gasteiger partial charge in [0, 0.05) is 37.4 Å². The van der Waals surface area contributed by atoms with Gasteiger partial charge >= 0.3 is 0 Å². The molecule has 0 atom stereocenters. The minimum absolute atomic E-state index is 0.0994. The van der Waals surface area contributed by atoms with Crippen molar-refractivity contribution in [3.05, 3.63) is 79.9 Å². The highest BCUT2D eigenvalue weighted by Gasteiger charge is 2.11. The van der Waals surface area contributed by atoms with E-state index in [1.165, 1.54) is 24.3 Å². The first-order chi connectivity index (χ1) is 13.4. The number of nitro benzene ring substituents is 2. The molecule has 2 rings (SSSR count). The van der Waals surface area contributed by atoms with Gasteiger partial charge in [-0.2, -0.15) is 0 Å². The molecule has 0 N–H and O–H groups in total. The van der Waals surface area contributed by atoms with E-state index in [1.54, 1.807) is 24.3 Å². The molecule has 0 radical (unpaired) electrons. The number of hydrogen-bond donors (Lipinski definition) is 2. The predicted octanol–water partition coefficient (Wildman–Crippen LogP) is 4.51. The lowest BCUT2D eigenvalue weighted by molar-refractivity contribution is -0.385. The van der Waals surface area contributed by atoms with Crippen molar-refractivity contribution in [2.24, 2.45) is 0 Å². The van der Waals surface area contributed by atoms with Crippen molar-refractivity contribution in [3.8, 4) is 0 Å². The summed E-state index contributed by atoms with van der Waals surface area (Å²) in [5.41, 5.74) is 2.32. The van der Waals surface area contributed by atoms with E-state index in [2.05, 4.69) is 30.2 Å². The van der Waals surface area contributed by atoms with E-state index in [0.717, 1.165) is 49.9 Å². The van der Waals surface area contributed by atoms with Crippen LogP contribution in [-0.2, 0) is 12.8 Å². The zero-order valence-corrected chi connectivity index (χ0v) is 17.1. The van der Waals surface area contributed by atoms with Crippen LogP contribution in [-0.4, -0.2) is 32.5 Å². The van der Waals surface area contributed by atoms with Gasteiger partial charge in [-0.05, 0) is 36.8 Å².